The zero-order valence-electron chi connectivity index (χ0n) is 12.5. The smallest absolute Gasteiger partial charge is 0.270 e. The standard InChI is InChI=1S/C15H20ClN3O3/c1-2-7-18-8-5-11(6-9-18)17-15(20)13-10-12(19(21)22)3-4-14(13)16/h3-4,10-11H,2,5-9H2,1H3,(H,17,20). The molecule has 7 heteroatoms. The lowest BCUT2D eigenvalue weighted by molar-refractivity contribution is -0.384. The molecule has 1 aliphatic rings. The predicted molar refractivity (Wildman–Crippen MR) is 85.3 cm³/mol. The molecule has 1 saturated heterocycles. The number of nitro benzene ring substituents is 1. The van der Waals surface area contributed by atoms with Crippen LogP contribution in [-0.2, 0) is 0 Å². The first kappa shape index (κ1) is 16.7. The van der Waals surface area contributed by atoms with Crippen LogP contribution >= 0.6 is 11.6 Å². The van der Waals surface area contributed by atoms with Crippen LogP contribution in [0.1, 0.15) is 36.5 Å². The molecular formula is C15H20ClN3O3. The van der Waals surface area contributed by atoms with Gasteiger partial charge in [0.1, 0.15) is 0 Å². The molecule has 1 heterocycles. The van der Waals surface area contributed by atoms with E-state index in [-0.39, 0.29) is 28.2 Å². The molecule has 1 fully saturated rings. The van der Waals surface area contributed by atoms with Crippen LogP contribution < -0.4 is 5.32 Å². The van der Waals surface area contributed by atoms with Crippen LogP contribution in [0.3, 0.4) is 0 Å². The summed E-state index contributed by atoms with van der Waals surface area (Å²) in [5.41, 5.74) is 0.0270. The Morgan fingerprint density at radius 1 is 1.45 bits per heavy atom. The van der Waals surface area contributed by atoms with E-state index in [9.17, 15) is 14.9 Å². The van der Waals surface area contributed by atoms with Crippen LogP contribution in [0.25, 0.3) is 0 Å². The summed E-state index contributed by atoms with van der Waals surface area (Å²) in [4.78, 5) is 24.9. The summed E-state index contributed by atoms with van der Waals surface area (Å²) in [5, 5.41) is 14.0. The Morgan fingerprint density at radius 2 is 2.14 bits per heavy atom. The van der Waals surface area contributed by atoms with Gasteiger partial charge in [0.2, 0.25) is 0 Å². The Morgan fingerprint density at radius 3 is 2.73 bits per heavy atom. The third-order valence-electron chi connectivity index (χ3n) is 3.87. The number of piperidine rings is 1. The maximum absolute atomic E-state index is 12.3. The van der Waals surface area contributed by atoms with Gasteiger partial charge in [-0.05, 0) is 31.9 Å². The molecule has 0 aromatic heterocycles. The van der Waals surface area contributed by atoms with Crippen molar-refractivity contribution in [3.05, 3.63) is 38.9 Å². The fourth-order valence-electron chi connectivity index (χ4n) is 2.68. The van der Waals surface area contributed by atoms with Crippen molar-refractivity contribution in [2.45, 2.75) is 32.2 Å². The highest BCUT2D eigenvalue weighted by molar-refractivity contribution is 6.33. The largest absolute Gasteiger partial charge is 0.349 e. The Balaban J connectivity index is 1.98. The minimum Gasteiger partial charge on any atom is -0.349 e. The fraction of sp³-hybridized carbons (Fsp3) is 0.533. The van der Waals surface area contributed by atoms with Crippen LogP contribution in [0.2, 0.25) is 5.02 Å². The van der Waals surface area contributed by atoms with Crippen molar-refractivity contribution in [2.75, 3.05) is 19.6 Å². The highest BCUT2D eigenvalue weighted by Crippen LogP contribution is 2.22. The van der Waals surface area contributed by atoms with Crippen LogP contribution in [0.15, 0.2) is 18.2 Å². The number of hydrogen-bond donors (Lipinski definition) is 1. The molecule has 1 aliphatic heterocycles. The van der Waals surface area contributed by atoms with E-state index >= 15 is 0 Å². The molecule has 0 unspecified atom stereocenters. The number of rotatable bonds is 5. The molecule has 120 valence electrons. The van der Waals surface area contributed by atoms with Gasteiger partial charge in [-0.2, -0.15) is 0 Å². The van der Waals surface area contributed by atoms with Crippen molar-refractivity contribution in [3.8, 4) is 0 Å². The SMILES string of the molecule is CCCN1CCC(NC(=O)c2cc([N+](=O)[O-])ccc2Cl)CC1. The van der Waals surface area contributed by atoms with Crippen molar-refractivity contribution in [2.24, 2.45) is 0 Å². The summed E-state index contributed by atoms with van der Waals surface area (Å²) in [6, 6.07) is 4.00. The Bertz CT molecular complexity index is 557. The molecule has 2 rings (SSSR count). The number of nitro groups is 1. The monoisotopic (exact) mass is 325 g/mol. The lowest BCUT2D eigenvalue weighted by atomic mass is 10.0. The third-order valence-corrected chi connectivity index (χ3v) is 4.20. The average Bonchev–Trinajstić information content (AvgIpc) is 2.49. The average molecular weight is 326 g/mol. The summed E-state index contributed by atoms with van der Waals surface area (Å²) in [5.74, 6) is -0.345. The minimum absolute atomic E-state index is 0.0935. The highest BCUT2D eigenvalue weighted by atomic mass is 35.5. The molecule has 1 aromatic rings. The molecule has 22 heavy (non-hydrogen) atoms. The van der Waals surface area contributed by atoms with Crippen LogP contribution in [0, 0.1) is 10.1 Å². The Hall–Kier alpha value is -1.66. The summed E-state index contributed by atoms with van der Waals surface area (Å²) >= 11 is 5.99. The minimum atomic E-state index is -0.531. The van der Waals surface area contributed by atoms with Gasteiger partial charge in [0, 0.05) is 31.3 Å². The van der Waals surface area contributed by atoms with Crippen molar-refractivity contribution >= 4 is 23.2 Å². The quantitative estimate of drug-likeness (QED) is 0.667. The first-order valence-electron chi connectivity index (χ1n) is 7.48. The van der Waals surface area contributed by atoms with E-state index < -0.39 is 4.92 Å². The number of halogens is 1. The molecule has 1 N–H and O–H groups in total. The first-order valence-corrected chi connectivity index (χ1v) is 7.86. The van der Waals surface area contributed by atoms with Gasteiger partial charge in [-0.1, -0.05) is 18.5 Å². The zero-order valence-corrected chi connectivity index (χ0v) is 13.3. The van der Waals surface area contributed by atoms with Crippen molar-refractivity contribution in [1.29, 1.82) is 0 Å². The summed E-state index contributed by atoms with van der Waals surface area (Å²) in [6.45, 7) is 5.15. The van der Waals surface area contributed by atoms with Gasteiger partial charge < -0.3 is 10.2 Å². The second-order valence-electron chi connectivity index (χ2n) is 5.51. The lowest BCUT2D eigenvalue weighted by Crippen LogP contribution is -2.44. The van der Waals surface area contributed by atoms with Crippen LogP contribution in [0.4, 0.5) is 5.69 Å². The van der Waals surface area contributed by atoms with Gasteiger partial charge in [0.05, 0.1) is 15.5 Å². The number of carbonyl (C=O) groups excluding carboxylic acids is 1. The van der Waals surface area contributed by atoms with Crippen LogP contribution in [-0.4, -0.2) is 41.4 Å². The maximum Gasteiger partial charge on any atom is 0.270 e. The molecule has 6 nitrogen and oxygen atoms in total. The molecule has 0 atom stereocenters. The highest BCUT2D eigenvalue weighted by Gasteiger charge is 2.22. The zero-order chi connectivity index (χ0) is 16.1. The number of amides is 1. The van der Waals surface area contributed by atoms with Gasteiger partial charge >= 0.3 is 0 Å². The third kappa shape index (κ3) is 4.18. The second kappa shape index (κ2) is 7.56. The van der Waals surface area contributed by atoms with Gasteiger partial charge in [-0.3, -0.25) is 14.9 Å². The topological polar surface area (TPSA) is 75.5 Å². The first-order chi connectivity index (χ1) is 10.5. The van der Waals surface area contributed by atoms with Crippen molar-refractivity contribution in [1.82, 2.24) is 10.2 Å². The van der Waals surface area contributed by atoms with Crippen LogP contribution in [0.5, 0.6) is 0 Å². The van der Waals surface area contributed by atoms with E-state index in [0.717, 1.165) is 38.9 Å². The number of nitrogens with one attached hydrogen (secondary N) is 1. The molecule has 1 amide bonds. The lowest BCUT2D eigenvalue weighted by Gasteiger charge is -2.32. The molecule has 0 radical (unpaired) electrons. The van der Waals surface area contributed by atoms with E-state index in [4.69, 9.17) is 11.6 Å². The number of non-ortho nitro benzene ring substituents is 1. The van der Waals surface area contributed by atoms with Gasteiger partial charge in [0.15, 0.2) is 0 Å². The van der Waals surface area contributed by atoms with E-state index in [0.29, 0.717) is 0 Å². The Kier molecular flexibility index (Phi) is 5.74. The summed E-state index contributed by atoms with van der Waals surface area (Å²) < 4.78 is 0. The molecule has 0 aliphatic carbocycles. The second-order valence-corrected chi connectivity index (χ2v) is 5.92. The molecule has 0 bridgehead atoms. The molecule has 1 aromatic carbocycles. The van der Waals surface area contributed by atoms with Crippen molar-refractivity contribution < 1.29 is 9.72 Å². The molecule has 0 saturated carbocycles. The fourth-order valence-corrected chi connectivity index (χ4v) is 2.88. The van der Waals surface area contributed by atoms with E-state index in [1.807, 2.05) is 0 Å². The number of carbonyl (C=O) groups is 1. The predicted octanol–water partition coefficient (Wildman–Crippen LogP) is 2.85. The van der Waals surface area contributed by atoms with E-state index in [1.165, 1.54) is 18.2 Å². The van der Waals surface area contributed by atoms with Gasteiger partial charge in [-0.25, -0.2) is 0 Å². The Labute approximate surface area is 134 Å². The summed E-state index contributed by atoms with van der Waals surface area (Å²) in [7, 11) is 0. The number of hydrogen-bond acceptors (Lipinski definition) is 4. The number of likely N-dealkylation sites (tertiary alicyclic amines) is 1. The van der Waals surface area contributed by atoms with Gasteiger partial charge in [-0.15, -0.1) is 0 Å². The van der Waals surface area contributed by atoms with E-state index in [2.05, 4.69) is 17.1 Å². The summed E-state index contributed by atoms with van der Waals surface area (Å²) in [6.07, 6.45) is 2.90. The molecule has 0 spiro atoms. The van der Waals surface area contributed by atoms with Crippen molar-refractivity contribution in [3.63, 3.8) is 0 Å². The van der Waals surface area contributed by atoms with Gasteiger partial charge in [0.25, 0.3) is 11.6 Å². The number of benzene rings is 1. The maximum atomic E-state index is 12.3. The number of nitrogens with zero attached hydrogens (tertiary/aromatic N) is 2. The molecular weight excluding hydrogens is 306 g/mol. The van der Waals surface area contributed by atoms with E-state index in [1.54, 1.807) is 0 Å². The normalized spacial score (nSPS) is 16.5.